The van der Waals surface area contributed by atoms with Crippen molar-refractivity contribution in [3.05, 3.63) is 42.4 Å². The summed E-state index contributed by atoms with van der Waals surface area (Å²) in [6.45, 7) is 3.47. The third-order valence-corrected chi connectivity index (χ3v) is 6.01. The summed E-state index contributed by atoms with van der Waals surface area (Å²) in [4.78, 5) is 19.5. The summed E-state index contributed by atoms with van der Waals surface area (Å²) in [5, 5.41) is 3.08. The lowest BCUT2D eigenvalue weighted by atomic mass is 9.76. The second-order valence-corrected chi connectivity index (χ2v) is 7.56. The van der Waals surface area contributed by atoms with E-state index in [2.05, 4.69) is 19.8 Å². The number of imidazole rings is 1. The molecule has 6 heteroatoms. The van der Waals surface area contributed by atoms with Crippen molar-refractivity contribution in [3.63, 3.8) is 0 Å². The lowest BCUT2D eigenvalue weighted by Gasteiger charge is -2.30. The van der Waals surface area contributed by atoms with E-state index in [1.54, 1.807) is 6.26 Å². The van der Waals surface area contributed by atoms with Gasteiger partial charge in [0.25, 0.3) is 0 Å². The van der Waals surface area contributed by atoms with Gasteiger partial charge in [0.05, 0.1) is 24.8 Å². The molecule has 1 saturated carbocycles. The Morgan fingerprint density at radius 3 is 3.16 bits per heavy atom. The quantitative estimate of drug-likeness (QED) is 0.906. The second-order valence-electron chi connectivity index (χ2n) is 7.56. The van der Waals surface area contributed by atoms with Crippen LogP contribution in [-0.2, 0) is 24.9 Å². The zero-order chi connectivity index (χ0) is 17.3. The van der Waals surface area contributed by atoms with Crippen molar-refractivity contribution in [1.29, 1.82) is 0 Å². The van der Waals surface area contributed by atoms with Gasteiger partial charge in [0, 0.05) is 32.3 Å². The zero-order valence-electron chi connectivity index (χ0n) is 14.8. The van der Waals surface area contributed by atoms with E-state index in [0.717, 1.165) is 51.1 Å². The summed E-state index contributed by atoms with van der Waals surface area (Å²) in [6.07, 6.45) is 9.86. The van der Waals surface area contributed by atoms with Crippen molar-refractivity contribution in [1.82, 2.24) is 19.8 Å². The van der Waals surface area contributed by atoms with Crippen LogP contribution in [0.4, 0.5) is 0 Å². The summed E-state index contributed by atoms with van der Waals surface area (Å²) >= 11 is 0. The molecule has 2 aromatic heterocycles. The van der Waals surface area contributed by atoms with Gasteiger partial charge in [0.1, 0.15) is 5.76 Å². The van der Waals surface area contributed by atoms with Crippen molar-refractivity contribution in [2.24, 2.45) is 18.4 Å². The average Bonchev–Trinajstić information content (AvgIpc) is 3.38. The summed E-state index contributed by atoms with van der Waals surface area (Å²) in [6, 6.07) is 3.75. The first-order valence-corrected chi connectivity index (χ1v) is 9.14. The molecule has 1 aliphatic heterocycles. The van der Waals surface area contributed by atoms with Crippen LogP contribution in [0.1, 0.15) is 37.1 Å². The molecule has 2 aromatic rings. The van der Waals surface area contributed by atoms with Gasteiger partial charge in [-0.1, -0.05) is 6.42 Å². The minimum atomic E-state index is 0.124. The summed E-state index contributed by atoms with van der Waals surface area (Å²) in [5.74, 6) is 1.12. The van der Waals surface area contributed by atoms with E-state index < -0.39 is 0 Å². The number of carbonyl (C=O) groups excluding carboxylic acids is 1. The van der Waals surface area contributed by atoms with Gasteiger partial charge in [0.15, 0.2) is 0 Å². The predicted molar refractivity (Wildman–Crippen MR) is 93.4 cm³/mol. The van der Waals surface area contributed by atoms with Gasteiger partial charge >= 0.3 is 0 Å². The molecule has 1 saturated heterocycles. The number of amides is 1. The topological polar surface area (TPSA) is 63.3 Å². The van der Waals surface area contributed by atoms with E-state index in [1.807, 2.05) is 31.7 Å². The molecule has 2 fully saturated rings. The molecule has 1 N–H and O–H groups in total. The monoisotopic (exact) mass is 342 g/mol. The molecule has 1 spiro atoms. The number of hydrogen-bond donors (Lipinski definition) is 1. The maximum absolute atomic E-state index is 12.8. The molecule has 1 amide bonds. The van der Waals surface area contributed by atoms with Crippen LogP contribution in [0.5, 0.6) is 0 Å². The molecule has 6 nitrogen and oxygen atoms in total. The normalized spacial score (nSPS) is 26.5. The maximum Gasteiger partial charge on any atom is 0.224 e. The van der Waals surface area contributed by atoms with Crippen molar-refractivity contribution >= 4 is 5.91 Å². The van der Waals surface area contributed by atoms with E-state index in [9.17, 15) is 4.79 Å². The zero-order valence-corrected chi connectivity index (χ0v) is 14.8. The van der Waals surface area contributed by atoms with Crippen LogP contribution in [0.15, 0.2) is 35.3 Å². The first-order valence-electron chi connectivity index (χ1n) is 9.14. The van der Waals surface area contributed by atoms with Crippen LogP contribution in [0, 0.1) is 11.3 Å². The predicted octanol–water partition coefficient (Wildman–Crippen LogP) is 2.32. The highest BCUT2D eigenvalue weighted by atomic mass is 16.3. The largest absolute Gasteiger partial charge is 0.467 e. The summed E-state index contributed by atoms with van der Waals surface area (Å²) in [7, 11) is 2.04. The van der Waals surface area contributed by atoms with Gasteiger partial charge < -0.3 is 14.3 Å². The van der Waals surface area contributed by atoms with E-state index in [1.165, 1.54) is 5.69 Å². The third kappa shape index (κ3) is 3.23. The van der Waals surface area contributed by atoms with Crippen LogP contribution in [-0.4, -0.2) is 33.4 Å². The summed E-state index contributed by atoms with van der Waals surface area (Å²) in [5.41, 5.74) is 1.38. The molecule has 4 rings (SSSR count). The number of nitrogens with one attached hydrogen (secondary N) is 1. The number of aromatic nitrogens is 2. The Bertz CT molecular complexity index is 724. The van der Waals surface area contributed by atoms with E-state index in [4.69, 9.17) is 4.42 Å². The first-order chi connectivity index (χ1) is 12.2. The van der Waals surface area contributed by atoms with Crippen molar-refractivity contribution in [3.8, 4) is 0 Å². The Kier molecular flexibility index (Phi) is 4.37. The molecule has 25 heavy (non-hydrogen) atoms. The number of rotatable bonds is 5. The van der Waals surface area contributed by atoms with Gasteiger partial charge in [-0.25, -0.2) is 4.98 Å². The lowest BCUT2D eigenvalue weighted by molar-refractivity contribution is -0.128. The average molecular weight is 342 g/mol. The Labute approximate surface area is 148 Å². The fraction of sp³-hybridized carbons (Fsp3) is 0.579. The van der Waals surface area contributed by atoms with Gasteiger partial charge in [-0.2, -0.15) is 0 Å². The highest BCUT2D eigenvalue weighted by Crippen LogP contribution is 2.50. The molecule has 0 bridgehead atoms. The van der Waals surface area contributed by atoms with E-state index in [-0.39, 0.29) is 17.2 Å². The van der Waals surface area contributed by atoms with Crippen LogP contribution in [0.2, 0.25) is 0 Å². The first kappa shape index (κ1) is 16.4. The number of carbonyl (C=O) groups is 1. The standard InChI is InChI=1S/C19H26N4O2/c1-22-14-20-10-15(22)12-23-8-7-19(13-23)6-2-5-17(19)18(24)21-11-16-4-3-9-25-16/h3-4,9-10,14,17H,2,5-8,11-13H2,1H3,(H,21,24)/t17-,19-/m0/s1. The number of furan rings is 1. The smallest absolute Gasteiger partial charge is 0.224 e. The molecular weight excluding hydrogens is 316 g/mol. The molecule has 134 valence electrons. The molecule has 2 atom stereocenters. The number of aryl methyl sites for hydroxylation is 1. The van der Waals surface area contributed by atoms with E-state index in [0.29, 0.717) is 6.54 Å². The molecule has 0 radical (unpaired) electrons. The Hall–Kier alpha value is -2.08. The second kappa shape index (κ2) is 6.67. The van der Waals surface area contributed by atoms with Gasteiger partial charge in [-0.15, -0.1) is 0 Å². The number of nitrogens with zero attached hydrogens (tertiary/aromatic N) is 3. The minimum absolute atomic E-state index is 0.124. The molecule has 0 unspecified atom stereocenters. The van der Waals surface area contributed by atoms with Gasteiger partial charge in [0.2, 0.25) is 5.91 Å². The third-order valence-electron chi connectivity index (χ3n) is 6.01. The fourth-order valence-electron chi connectivity index (χ4n) is 4.63. The molecule has 3 heterocycles. The van der Waals surface area contributed by atoms with Crippen molar-refractivity contribution in [2.45, 2.75) is 38.8 Å². The fourth-order valence-corrected chi connectivity index (χ4v) is 4.63. The highest BCUT2D eigenvalue weighted by Gasteiger charge is 2.50. The van der Waals surface area contributed by atoms with Crippen molar-refractivity contribution < 1.29 is 9.21 Å². The van der Waals surface area contributed by atoms with Crippen LogP contribution in [0.3, 0.4) is 0 Å². The number of hydrogen-bond acceptors (Lipinski definition) is 4. The molecule has 1 aliphatic carbocycles. The highest BCUT2D eigenvalue weighted by molar-refractivity contribution is 5.80. The lowest BCUT2D eigenvalue weighted by Crippen LogP contribution is -2.40. The van der Waals surface area contributed by atoms with Gasteiger partial charge in [-0.05, 0) is 43.4 Å². The Morgan fingerprint density at radius 2 is 2.40 bits per heavy atom. The minimum Gasteiger partial charge on any atom is -0.467 e. The van der Waals surface area contributed by atoms with Crippen molar-refractivity contribution in [2.75, 3.05) is 13.1 Å². The Morgan fingerprint density at radius 1 is 1.48 bits per heavy atom. The Balaban J connectivity index is 1.38. The maximum atomic E-state index is 12.8. The SMILES string of the molecule is Cn1cncc1CN1CC[C@@]2(CCC[C@H]2C(=O)NCc2ccco2)C1. The van der Waals surface area contributed by atoms with Crippen LogP contribution >= 0.6 is 0 Å². The van der Waals surface area contributed by atoms with Crippen LogP contribution in [0.25, 0.3) is 0 Å². The number of likely N-dealkylation sites (tertiary alicyclic amines) is 1. The molecule has 2 aliphatic rings. The van der Waals surface area contributed by atoms with E-state index >= 15 is 0 Å². The summed E-state index contributed by atoms with van der Waals surface area (Å²) < 4.78 is 7.40. The van der Waals surface area contributed by atoms with Gasteiger partial charge in [-0.3, -0.25) is 9.69 Å². The molecule has 0 aromatic carbocycles. The van der Waals surface area contributed by atoms with Crippen LogP contribution < -0.4 is 5.32 Å². The molecular formula is C19H26N4O2.